The number of benzene rings is 1. The summed E-state index contributed by atoms with van der Waals surface area (Å²) in [7, 11) is 1.57. The van der Waals surface area contributed by atoms with Crippen LogP contribution < -0.4 is 19.5 Å². The molecule has 1 saturated heterocycles. The summed E-state index contributed by atoms with van der Waals surface area (Å²) < 4.78 is 42.1. The van der Waals surface area contributed by atoms with Crippen LogP contribution in [0.15, 0.2) is 12.1 Å². The van der Waals surface area contributed by atoms with Crippen LogP contribution in [0.25, 0.3) is 0 Å². The smallest absolute Gasteiger partial charge is 0.226 e. The normalized spacial score (nSPS) is 22.3. The first-order valence-electron chi connectivity index (χ1n) is 9.67. The lowest BCUT2D eigenvalue weighted by molar-refractivity contribution is -0.116. The van der Waals surface area contributed by atoms with Gasteiger partial charge in [0.25, 0.3) is 0 Å². The monoisotopic (exact) mass is 435 g/mol. The molecule has 162 valence electrons. The third kappa shape index (κ3) is 3.38. The van der Waals surface area contributed by atoms with Crippen molar-refractivity contribution in [3.8, 4) is 17.2 Å². The molecular formula is C20H25N3O6S. The predicted molar refractivity (Wildman–Crippen MR) is 110 cm³/mol. The Labute approximate surface area is 175 Å². The van der Waals surface area contributed by atoms with Gasteiger partial charge in [0, 0.05) is 29.5 Å². The molecule has 1 fully saturated rings. The SMILES string of the molecule is COc1cc(OC)c(C2CC(=O)Nc3c2c(C)nn3C2CCS(=O)(=O)C2)cc1OC. The minimum absolute atomic E-state index is 0.0285. The van der Waals surface area contributed by atoms with Crippen LogP contribution in [0, 0.1) is 6.92 Å². The molecular weight excluding hydrogens is 410 g/mol. The van der Waals surface area contributed by atoms with Crippen molar-refractivity contribution in [1.29, 1.82) is 0 Å². The van der Waals surface area contributed by atoms with Gasteiger partial charge in [-0.1, -0.05) is 0 Å². The van der Waals surface area contributed by atoms with Gasteiger partial charge in [0.2, 0.25) is 5.91 Å². The summed E-state index contributed by atoms with van der Waals surface area (Å²) in [6.45, 7) is 1.87. The van der Waals surface area contributed by atoms with E-state index in [0.717, 1.165) is 16.8 Å². The van der Waals surface area contributed by atoms with E-state index >= 15 is 0 Å². The molecule has 1 aromatic heterocycles. The van der Waals surface area contributed by atoms with Crippen molar-refractivity contribution in [3.63, 3.8) is 0 Å². The van der Waals surface area contributed by atoms with E-state index in [-0.39, 0.29) is 35.8 Å². The molecule has 0 bridgehead atoms. The number of hydrogen-bond acceptors (Lipinski definition) is 7. The molecule has 9 nitrogen and oxygen atoms in total. The van der Waals surface area contributed by atoms with Gasteiger partial charge in [0.1, 0.15) is 11.6 Å². The summed E-state index contributed by atoms with van der Waals surface area (Å²) in [6, 6.07) is 3.27. The molecule has 4 rings (SSSR count). The topological polar surface area (TPSA) is 109 Å². The molecule has 2 aliphatic rings. The van der Waals surface area contributed by atoms with Crippen LogP contribution in [0.3, 0.4) is 0 Å². The number of rotatable bonds is 5. The Hall–Kier alpha value is -2.75. The van der Waals surface area contributed by atoms with E-state index < -0.39 is 9.84 Å². The Kier molecular flexibility index (Phi) is 5.13. The van der Waals surface area contributed by atoms with Crippen molar-refractivity contribution in [2.75, 3.05) is 38.2 Å². The quantitative estimate of drug-likeness (QED) is 0.766. The zero-order valence-electron chi connectivity index (χ0n) is 17.4. The summed E-state index contributed by atoms with van der Waals surface area (Å²) in [4.78, 5) is 12.6. The molecule has 2 aliphatic heterocycles. The molecule has 1 aromatic carbocycles. The van der Waals surface area contributed by atoms with E-state index in [9.17, 15) is 13.2 Å². The van der Waals surface area contributed by atoms with Gasteiger partial charge in [0.15, 0.2) is 21.3 Å². The third-order valence-corrected chi connectivity index (χ3v) is 7.54. The van der Waals surface area contributed by atoms with Crippen LogP contribution >= 0.6 is 0 Å². The highest BCUT2D eigenvalue weighted by atomic mass is 32.2. The number of aromatic nitrogens is 2. The Balaban J connectivity index is 1.85. The molecule has 2 atom stereocenters. The van der Waals surface area contributed by atoms with Crippen molar-refractivity contribution < 1.29 is 27.4 Å². The molecule has 2 unspecified atom stereocenters. The molecule has 3 heterocycles. The van der Waals surface area contributed by atoms with Crippen LogP contribution in [-0.2, 0) is 14.6 Å². The molecule has 0 saturated carbocycles. The number of anilines is 1. The second-order valence-electron chi connectivity index (χ2n) is 7.60. The fourth-order valence-corrected chi connectivity index (χ4v) is 6.09. The van der Waals surface area contributed by atoms with E-state index in [4.69, 9.17) is 14.2 Å². The lowest BCUT2D eigenvalue weighted by atomic mass is 9.85. The number of methoxy groups -OCH3 is 3. The van der Waals surface area contributed by atoms with Crippen molar-refractivity contribution in [2.24, 2.45) is 0 Å². The van der Waals surface area contributed by atoms with Gasteiger partial charge in [-0.25, -0.2) is 13.1 Å². The molecule has 30 heavy (non-hydrogen) atoms. The van der Waals surface area contributed by atoms with E-state index in [2.05, 4.69) is 10.4 Å². The maximum absolute atomic E-state index is 12.6. The van der Waals surface area contributed by atoms with E-state index in [1.54, 1.807) is 32.1 Å². The lowest BCUT2D eigenvalue weighted by Crippen LogP contribution is -2.26. The average molecular weight is 436 g/mol. The van der Waals surface area contributed by atoms with E-state index in [1.165, 1.54) is 0 Å². The molecule has 2 aromatic rings. The summed E-state index contributed by atoms with van der Waals surface area (Å²) in [5.41, 5.74) is 2.40. The number of fused-ring (bicyclic) bond motifs is 1. The van der Waals surface area contributed by atoms with Crippen LogP contribution in [0.5, 0.6) is 17.2 Å². The van der Waals surface area contributed by atoms with Gasteiger partial charge in [0.05, 0.1) is 44.6 Å². The first-order valence-corrected chi connectivity index (χ1v) is 11.5. The molecule has 0 spiro atoms. The molecule has 1 amide bonds. The minimum atomic E-state index is -3.09. The number of aryl methyl sites for hydroxylation is 1. The predicted octanol–water partition coefficient (Wildman–Crippen LogP) is 2.05. The molecule has 0 radical (unpaired) electrons. The Morgan fingerprint density at radius 1 is 1.10 bits per heavy atom. The summed E-state index contributed by atoms with van der Waals surface area (Å²) in [6.07, 6.45) is 0.699. The van der Waals surface area contributed by atoms with Crippen molar-refractivity contribution in [3.05, 3.63) is 29.0 Å². The maximum atomic E-state index is 12.6. The first kappa shape index (κ1) is 20.5. The summed E-state index contributed by atoms with van der Waals surface area (Å²) in [5, 5.41) is 7.53. The van der Waals surface area contributed by atoms with Gasteiger partial charge < -0.3 is 19.5 Å². The van der Waals surface area contributed by atoms with Crippen LogP contribution in [0.4, 0.5) is 5.82 Å². The van der Waals surface area contributed by atoms with Gasteiger partial charge in [-0.15, -0.1) is 0 Å². The second kappa shape index (κ2) is 7.50. The van der Waals surface area contributed by atoms with Crippen LogP contribution in [0.2, 0.25) is 0 Å². The third-order valence-electron chi connectivity index (χ3n) is 5.79. The minimum Gasteiger partial charge on any atom is -0.496 e. The highest BCUT2D eigenvalue weighted by molar-refractivity contribution is 7.91. The summed E-state index contributed by atoms with van der Waals surface area (Å²) >= 11 is 0. The standard InChI is InChI=1S/C20H25N3O6S/c1-11-19-14(13-7-16(28-3)17(29-4)9-15(13)27-2)8-18(24)21-20(19)23(22-11)12-5-6-30(25,26)10-12/h7,9,12,14H,5-6,8,10H2,1-4H3,(H,21,24). The van der Waals surface area contributed by atoms with Crippen LogP contribution in [-0.4, -0.2) is 56.9 Å². The molecule has 1 N–H and O–H groups in total. The van der Waals surface area contributed by atoms with Gasteiger partial charge in [-0.3, -0.25) is 4.79 Å². The van der Waals surface area contributed by atoms with Crippen molar-refractivity contribution in [2.45, 2.75) is 31.7 Å². The Morgan fingerprint density at radius 3 is 2.37 bits per heavy atom. The number of carbonyl (C=O) groups is 1. The second-order valence-corrected chi connectivity index (χ2v) is 9.83. The summed E-state index contributed by atoms with van der Waals surface area (Å²) in [5.74, 6) is 1.89. The number of hydrogen-bond donors (Lipinski definition) is 1. The number of ether oxygens (including phenoxy) is 3. The largest absolute Gasteiger partial charge is 0.496 e. The number of nitrogens with one attached hydrogen (secondary N) is 1. The van der Waals surface area contributed by atoms with Crippen molar-refractivity contribution >= 4 is 21.6 Å². The average Bonchev–Trinajstić information content (AvgIpc) is 3.25. The van der Waals surface area contributed by atoms with Crippen molar-refractivity contribution in [1.82, 2.24) is 9.78 Å². The highest BCUT2D eigenvalue weighted by Crippen LogP contribution is 2.46. The molecule has 10 heteroatoms. The number of nitrogens with zero attached hydrogens (tertiary/aromatic N) is 2. The van der Waals surface area contributed by atoms with E-state index in [0.29, 0.717) is 29.5 Å². The molecule has 0 aliphatic carbocycles. The van der Waals surface area contributed by atoms with Gasteiger partial charge in [-0.2, -0.15) is 5.10 Å². The maximum Gasteiger partial charge on any atom is 0.226 e. The number of sulfone groups is 1. The zero-order chi connectivity index (χ0) is 21.6. The number of carbonyl (C=O) groups excluding carboxylic acids is 1. The van der Waals surface area contributed by atoms with Gasteiger partial charge >= 0.3 is 0 Å². The van der Waals surface area contributed by atoms with Crippen LogP contribution in [0.1, 0.15) is 41.6 Å². The fraction of sp³-hybridized carbons (Fsp3) is 0.500. The van der Waals surface area contributed by atoms with E-state index in [1.807, 2.05) is 13.0 Å². The lowest BCUT2D eigenvalue weighted by Gasteiger charge is -2.27. The zero-order valence-corrected chi connectivity index (χ0v) is 18.2. The Bertz CT molecular complexity index is 1110. The Morgan fingerprint density at radius 2 is 1.77 bits per heavy atom. The highest BCUT2D eigenvalue weighted by Gasteiger charge is 2.38. The fourth-order valence-electron chi connectivity index (χ4n) is 4.40. The number of amides is 1. The van der Waals surface area contributed by atoms with Gasteiger partial charge in [-0.05, 0) is 19.4 Å². The first-order chi connectivity index (χ1) is 14.3.